The molecule has 6 nitrogen and oxygen atoms in total. The first-order valence-electron chi connectivity index (χ1n) is 9.02. The monoisotopic (exact) mass is 339 g/mol. The normalized spacial score (nSPS) is 26.3. The molecule has 2 saturated heterocycles. The van der Waals surface area contributed by atoms with Crippen LogP contribution >= 0.6 is 0 Å². The Balaban J connectivity index is 1.57. The maximum Gasteiger partial charge on any atom is 0.231 e. The zero-order valence-corrected chi connectivity index (χ0v) is 14.9. The Morgan fingerprint density at radius 1 is 1.36 bits per heavy atom. The SMILES string of the molecule is CC(C)n1cnc([C@@H]2CNC[C@]23CCN(Cc2ccncc2)C3=O)c1. The number of hydrogen-bond donors (Lipinski definition) is 1. The molecule has 2 aliphatic rings. The lowest BCUT2D eigenvalue weighted by atomic mass is 9.75. The molecule has 1 N–H and O–H groups in total. The van der Waals surface area contributed by atoms with Crippen molar-refractivity contribution in [1.82, 2.24) is 24.8 Å². The predicted octanol–water partition coefficient (Wildman–Crippen LogP) is 1.96. The number of imidazole rings is 1. The molecule has 2 aromatic rings. The van der Waals surface area contributed by atoms with Crippen molar-refractivity contribution in [2.24, 2.45) is 5.41 Å². The summed E-state index contributed by atoms with van der Waals surface area (Å²) in [7, 11) is 0. The number of nitrogens with zero attached hydrogens (tertiary/aromatic N) is 4. The zero-order valence-electron chi connectivity index (χ0n) is 14.9. The maximum absolute atomic E-state index is 13.3. The fraction of sp³-hybridized carbons (Fsp3) is 0.526. The van der Waals surface area contributed by atoms with Gasteiger partial charge in [-0.1, -0.05) is 0 Å². The van der Waals surface area contributed by atoms with E-state index in [9.17, 15) is 4.79 Å². The second-order valence-corrected chi connectivity index (χ2v) is 7.51. The standard InChI is InChI=1S/C19H25N5O/c1-14(2)24-11-17(22-13-24)16-9-21-12-19(16)5-8-23(18(19)25)10-15-3-6-20-7-4-15/h3-4,6-7,11,13-14,16,21H,5,8-10,12H2,1-2H3/t16-,19+/m0/s1. The molecule has 2 fully saturated rings. The van der Waals surface area contributed by atoms with Crippen molar-refractivity contribution in [2.75, 3.05) is 19.6 Å². The summed E-state index contributed by atoms with van der Waals surface area (Å²) in [6.07, 6.45) is 8.46. The van der Waals surface area contributed by atoms with Gasteiger partial charge in [-0.2, -0.15) is 0 Å². The quantitative estimate of drug-likeness (QED) is 0.925. The van der Waals surface area contributed by atoms with Crippen molar-refractivity contribution in [3.05, 3.63) is 48.3 Å². The molecule has 6 heteroatoms. The van der Waals surface area contributed by atoms with Gasteiger partial charge in [0.1, 0.15) is 0 Å². The van der Waals surface area contributed by atoms with Crippen molar-refractivity contribution >= 4 is 5.91 Å². The lowest BCUT2D eigenvalue weighted by Gasteiger charge is -2.28. The van der Waals surface area contributed by atoms with E-state index in [0.717, 1.165) is 37.3 Å². The molecule has 0 unspecified atom stereocenters. The molecule has 0 aromatic carbocycles. The minimum atomic E-state index is -0.344. The predicted molar refractivity (Wildman–Crippen MR) is 94.9 cm³/mol. The second kappa shape index (κ2) is 6.26. The third-order valence-corrected chi connectivity index (χ3v) is 5.69. The number of nitrogens with one attached hydrogen (secondary N) is 1. The molecule has 0 bridgehead atoms. The second-order valence-electron chi connectivity index (χ2n) is 7.51. The van der Waals surface area contributed by atoms with Crippen LogP contribution in [0.3, 0.4) is 0 Å². The van der Waals surface area contributed by atoms with E-state index in [1.165, 1.54) is 0 Å². The van der Waals surface area contributed by atoms with Crippen molar-refractivity contribution < 1.29 is 4.79 Å². The average Bonchev–Trinajstić information content (AvgIpc) is 3.32. The summed E-state index contributed by atoms with van der Waals surface area (Å²) < 4.78 is 2.12. The van der Waals surface area contributed by atoms with Gasteiger partial charge in [0.15, 0.2) is 0 Å². The topological polar surface area (TPSA) is 63.1 Å². The van der Waals surface area contributed by atoms with Gasteiger partial charge < -0.3 is 14.8 Å². The molecule has 0 radical (unpaired) electrons. The molecule has 2 aliphatic heterocycles. The van der Waals surface area contributed by atoms with E-state index in [1.54, 1.807) is 12.4 Å². The number of rotatable bonds is 4. The Morgan fingerprint density at radius 3 is 2.88 bits per heavy atom. The van der Waals surface area contributed by atoms with E-state index in [-0.39, 0.29) is 17.2 Å². The minimum Gasteiger partial charge on any atom is -0.338 e. The molecule has 1 amide bonds. The van der Waals surface area contributed by atoms with Gasteiger partial charge in [0, 0.05) is 56.7 Å². The highest BCUT2D eigenvalue weighted by Gasteiger charge is 2.55. The van der Waals surface area contributed by atoms with Crippen LogP contribution in [0.15, 0.2) is 37.1 Å². The Kier molecular flexibility index (Phi) is 4.07. The largest absolute Gasteiger partial charge is 0.338 e. The van der Waals surface area contributed by atoms with Crippen LogP contribution in [0.5, 0.6) is 0 Å². The summed E-state index contributed by atoms with van der Waals surface area (Å²) in [5.41, 5.74) is 1.83. The van der Waals surface area contributed by atoms with Crippen molar-refractivity contribution in [3.8, 4) is 0 Å². The number of aromatic nitrogens is 3. The van der Waals surface area contributed by atoms with Crippen LogP contribution in [0.25, 0.3) is 0 Å². The summed E-state index contributed by atoms with van der Waals surface area (Å²) in [6.45, 7) is 7.33. The molecule has 132 valence electrons. The lowest BCUT2D eigenvalue weighted by molar-refractivity contribution is -0.136. The third-order valence-electron chi connectivity index (χ3n) is 5.69. The Morgan fingerprint density at radius 2 is 2.16 bits per heavy atom. The van der Waals surface area contributed by atoms with E-state index in [0.29, 0.717) is 12.6 Å². The van der Waals surface area contributed by atoms with Crippen LogP contribution in [0, 0.1) is 5.41 Å². The fourth-order valence-electron chi connectivity index (χ4n) is 4.17. The van der Waals surface area contributed by atoms with E-state index in [2.05, 4.69) is 39.9 Å². The molecule has 4 heterocycles. The van der Waals surface area contributed by atoms with Gasteiger partial charge in [0.2, 0.25) is 5.91 Å². The van der Waals surface area contributed by atoms with Gasteiger partial charge in [0.25, 0.3) is 0 Å². The van der Waals surface area contributed by atoms with Gasteiger partial charge in [-0.25, -0.2) is 4.98 Å². The zero-order chi connectivity index (χ0) is 17.4. The number of amides is 1. The van der Waals surface area contributed by atoms with Gasteiger partial charge in [-0.15, -0.1) is 0 Å². The van der Waals surface area contributed by atoms with E-state index in [4.69, 9.17) is 0 Å². The van der Waals surface area contributed by atoms with Gasteiger partial charge in [-0.05, 0) is 38.0 Å². The van der Waals surface area contributed by atoms with Gasteiger partial charge >= 0.3 is 0 Å². The summed E-state index contributed by atoms with van der Waals surface area (Å²) in [5.74, 6) is 0.417. The molecular weight excluding hydrogens is 314 g/mol. The highest BCUT2D eigenvalue weighted by Crippen LogP contribution is 2.46. The first kappa shape index (κ1) is 16.3. The lowest BCUT2D eigenvalue weighted by Crippen LogP contribution is -2.39. The Hall–Kier alpha value is -2.21. The fourth-order valence-corrected chi connectivity index (χ4v) is 4.17. The van der Waals surface area contributed by atoms with Crippen molar-refractivity contribution in [3.63, 3.8) is 0 Å². The molecule has 2 atom stereocenters. The molecule has 1 spiro atoms. The average molecular weight is 339 g/mol. The number of likely N-dealkylation sites (tertiary alicyclic amines) is 1. The summed E-state index contributed by atoms with van der Waals surface area (Å²) in [6, 6.07) is 4.34. The van der Waals surface area contributed by atoms with Gasteiger partial charge in [0.05, 0.1) is 17.4 Å². The number of carbonyl (C=O) groups excluding carboxylic acids is 1. The molecule has 25 heavy (non-hydrogen) atoms. The Bertz CT molecular complexity index is 756. The molecular formula is C19H25N5O. The Labute approximate surface area is 148 Å². The molecule has 2 aromatic heterocycles. The first-order chi connectivity index (χ1) is 12.1. The number of pyridine rings is 1. The summed E-state index contributed by atoms with van der Waals surface area (Å²) >= 11 is 0. The highest BCUT2D eigenvalue weighted by atomic mass is 16.2. The van der Waals surface area contributed by atoms with Crippen LogP contribution in [-0.2, 0) is 11.3 Å². The van der Waals surface area contributed by atoms with Gasteiger partial charge in [-0.3, -0.25) is 9.78 Å². The van der Waals surface area contributed by atoms with Crippen molar-refractivity contribution in [2.45, 2.75) is 38.8 Å². The molecule has 4 rings (SSSR count). The number of hydrogen-bond acceptors (Lipinski definition) is 4. The van der Waals surface area contributed by atoms with Crippen LogP contribution in [0.1, 0.15) is 43.5 Å². The van der Waals surface area contributed by atoms with Crippen LogP contribution in [0.2, 0.25) is 0 Å². The number of carbonyl (C=O) groups is 1. The van der Waals surface area contributed by atoms with E-state index < -0.39 is 0 Å². The molecule has 0 aliphatic carbocycles. The van der Waals surface area contributed by atoms with Crippen LogP contribution in [-0.4, -0.2) is 45.0 Å². The summed E-state index contributed by atoms with van der Waals surface area (Å²) in [5, 5.41) is 3.45. The summed E-state index contributed by atoms with van der Waals surface area (Å²) in [4.78, 5) is 24.0. The highest BCUT2D eigenvalue weighted by molar-refractivity contribution is 5.86. The van der Waals surface area contributed by atoms with Crippen molar-refractivity contribution in [1.29, 1.82) is 0 Å². The maximum atomic E-state index is 13.3. The third kappa shape index (κ3) is 2.74. The first-order valence-corrected chi connectivity index (χ1v) is 9.02. The van der Waals surface area contributed by atoms with E-state index in [1.807, 2.05) is 23.4 Å². The minimum absolute atomic E-state index is 0.155. The van der Waals surface area contributed by atoms with E-state index >= 15 is 0 Å². The molecule has 0 saturated carbocycles. The van der Waals surface area contributed by atoms with Crippen LogP contribution in [0.4, 0.5) is 0 Å². The van der Waals surface area contributed by atoms with Crippen LogP contribution < -0.4 is 5.32 Å². The smallest absolute Gasteiger partial charge is 0.231 e.